The van der Waals surface area contributed by atoms with Crippen molar-refractivity contribution in [2.75, 3.05) is 13.7 Å². The second-order valence-electron chi connectivity index (χ2n) is 6.74. The van der Waals surface area contributed by atoms with Gasteiger partial charge < -0.3 is 14.6 Å². The van der Waals surface area contributed by atoms with Crippen LogP contribution in [0.25, 0.3) is 17.0 Å². The van der Waals surface area contributed by atoms with E-state index in [1.807, 2.05) is 41.3 Å². The largest absolute Gasteiger partial charge is 0.497 e. The number of aromatic amines is 1. The lowest BCUT2D eigenvalue weighted by Gasteiger charge is -2.32. The summed E-state index contributed by atoms with van der Waals surface area (Å²) in [6.45, 7) is 2.75. The van der Waals surface area contributed by atoms with Crippen LogP contribution in [-0.2, 0) is 11.2 Å². The molecule has 27 heavy (non-hydrogen) atoms. The molecule has 0 aliphatic carbocycles. The fourth-order valence-electron chi connectivity index (χ4n) is 3.75. The number of fused-ring (bicyclic) bond motifs is 3. The van der Waals surface area contributed by atoms with E-state index in [1.165, 1.54) is 10.9 Å². The van der Waals surface area contributed by atoms with Crippen molar-refractivity contribution in [3.63, 3.8) is 0 Å². The molecule has 0 saturated carbocycles. The number of carbonyl (C=O) groups is 1. The van der Waals surface area contributed by atoms with E-state index >= 15 is 0 Å². The molecule has 0 radical (unpaired) electrons. The highest BCUT2D eigenvalue weighted by Gasteiger charge is 2.29. The van der Waals surface area contributed by atoms with Gasteiger partial charge in [-0.05, 0) is 54.8 Å². The van der Waals surface area contributed by atoms with Gasteiger partial charge in [-0.1, -0.05) is 29.8 Å². The fourth-order valence-corrected chi connectivity index (χ4v) is 3.95. The summed E-state index contributed by atoms with van der Waals surface area (Å²) in [5, 5.41) is 1.81. The van der Waals surface area contributed by atoms with Crippen molar-refractivity contribution < 1.29 is 9.53 Å². The molecule has 138 valence electrons. The van der Waals surface area contributed by atoms with Crippen LogP contribution in [0.1, 0.15) is 29.8 Å². The summed E-state index contributed by atoms with van der Waals surface area (Å²) in [4.78, 5) is 18.2. The highest BCUT2D eigenvalue weighted by Crippen LogP contribution is 2.35. The van der Waals surface area contributed by atoms with Gasteiger partial charge in [0.15, 0.2) is 0 Å². The second kappa shape index (κ2) is 7.12. The molecule has 4 rings (SSSR count). The van der Waals surface area contributed by atoms with Gasteiger partial charge in [-0.2, -0.15) is 0 Å². The molecule has 4 nitrogen and oxygen atoms in total. The maximum Gasteiger partial charge on any atom is 0.247 e. The summed E-state index contributed by atoms with van der Waals surface area (Å²) in [6, 6.07) is 13.5. The van der Waals surface area contributed by atoms with Gasteiger partial charge in [-0.3, -0.25) is 4.79 Å². The average molecular weight is 381 g/mol. The fraction of sp³-hybridized carbons (Fsp3) is 0.227. The minimum Gasteiger partial charge on any atom is -0.497 e. The summed E-state index contributed by atoms with van der Waals surface area (Å²) >= 11 is 6.17. The van der Waals surface area contributed by atoms with Gasteiger partial charge in [-0.25, -0.2) is 0 Å². The summed E-state index contributed by atoms with van der Waals surface area (Å²) in [5.74, 6) is 0.836. The van der Waals surface area contributed by atoms with E-state index in [-0.39, 0.29) is 11.9 Å². The molecule has 1 aromatic heterocycles. The Morgan fingerprint density at radius 1 is 1.30 bits per heavy atom. The highest BCUT2D eigenvalue weighted by molar-refractivity contribution is 6.32. The molecule has 2 aromatic carbocycles. The minimum atomic E-state index is -0.0180. The third-order valence-corrected chi connectivity index (χ3v) is 5.57. The van der Waals surface area contributed by atoms with Crippen molar-refractivity contribution >= 4 is 34.5 Å². The molecular formula is C22H21ClN2O2. The predicted octanol–water partition coefficient (Wildman–Crippen LogP) is 4.99. The first-order chi connectivity index (χ1) is 13.1. The molecule has 1 N–H and O–H groups in total. The lowest BCUT2D eigenvalue weighted by molar-refractivity contribution is -0.128. The number of benzene rings is 2. The van der Waals surface area contributed by atoms with Crippen LogP contribution >= 0.6 is 11.6 Å². The Labute approximate surface area is 163 Å². The van der Waals surface area contributed by atoms with Crippen molar-refractivity contribution in [1.29, 1.82) is 0 Å². The highest BCUT2D eigenvalue weighted by atomic mass is 35.5. The van der Waals surface area contributed by atoms with Crippen LogP contribution in [0, 0.1) is 0 Å². The Morgan fingerprint density at radius 2 is 2.11 bits per heavy atom. The number of carbonyl (C=O) groups excluding carboxylic acids is 1. The molecular weight excluding hydrogens is 360 g/mol. The zero-order valence-corrected chi connectivity index (χ0v) is 16.1. The molecule has 0 saturated heterocycles. The lowest BCUT2D eigenvalue weighted by atomic mass is 9.98. The number of halogens is 1. The van der Waals surface area contributed by atoms with Crippen molar-refractivity contribution in [3.8, 4) is 5.75 Å². The Kier molecular flexibility index (Phi) is 4.66. The van der Waals surface area contributed by atoms with Gasteiger partial charge in [-0.15, -0.1) is 0 Å². The molecule has 3 aromatic rings. The molecule has 1 unspecified atom stereocenters. The Morgan fingerprint density at radius 3 is 2.89 bits per heavy atom. The Bertz CT molecular complexity index is 1040. The SMILES string of the molecule is COc1ccc2[nH]c3c(c2c1)CCN(C(=O)/C=C/c1ccccc1Cl)C3C. The van der Waals surface area contributed by atoms with Gasteiger partial charge in [0.1, 0.15) is 5.75 Å². The first-order valence-corrected chi connectivity index (χ1v) is 9.38. The number of H-pyrrole nitrogens is 1. The van der Waals surface area contributed by atoms with E-state index in [1.54, 1.807) is 19.3 Å². The molecule has 1 amide bonds. The summed E-state index contributed by atoms with van der Waals surface area (Å²) in [5.41, 5.74) is 4.30. The summed E-state index contributed by atoms with van der Waals surface area (Å²) < 4.78 is 5.35. The smallest absolute Gasteiger partial charge is 0.247 e. The minimum absolute atomic E-state index is 0.00990. The predicted molar refractivity (Wildman–Crippen MR) is 109 cm³/mol. The number of amides is 1. The third-order valence-electron chi connectivity index (χ3n) is 5.23. The topological polar surface area (TPSA) is 45.3 Å². The van der Waals surface area contributed by atoms with Gasteiger partial charge in [0.05, 0.1) is 13.2 Å². The van der Waals surface area contributed by atoms with Crippen LogP contribution in [0.15, 0.2) is 48.5 Å². The van der Waals surface area contributed by atoms with Gasteiger partial charge >= 0.3 is 0 Å². The Hall–Kier alpha value is -2.72. The van der Waals surface area contributed by atoms with Crippen LogP contribution in [0.2, 0.25) is 5.02 Å². The number of nitrogens with one attached hydrogen (secondary N) is 1. The van der Waals surface area contributed by atoms with Crippen LogP contribution in [0.4, 0.5) is 0 Å². The monoisotopic (exact) mass is 380 g/mol. The van der Waals surface area contributed by atoms with Gasteiger partial charge in [0, 0.05) is 34.2 Å². The van der Waals surface area contributed by atoms with Crippen molar-refractivity contribution in [1.82, 2.24) is 9.88 Å². The zero-order chi connectivity index (χ0) is 19.0. The van der Waals surface area contributed by atoms with Crippen molar-refractivity contribution in [2.24, 2.45) is 0 Å². The molecule has 1 aliphatic heterocycles. The van der Waals surface area contributed by atoms with Crippen molar-refractivity contribution in [3.05, 3.63) is 70.4 Å². The molecule has 1 atom stereocenters. The lowest BCUT2D eigenvalue weighted by Crippen LogP contribution is -2.37. The summed E-state index contributed by atoms with van der Waals surface area (Å²) in [7, 11) is 1.68. The maximum atomic E-state index is 12.8. The van der Waals surface area contributed by atoms with Crippen LogP contribution in [0.3, 0.4) is 0 Å². The number of hydrogen-bond acceptors (Lipinski definition) is 2. The van der Waals surface area contributed by atoms with Gasteiger partial charge in [0.2, 0.25) is 5.91 Å². The first kappa shape index (κ1) is 17.7. The molecule has 1 aliphatic rings. The van der Waals surface area contributed by atoms with E-state index in [2.05, 4.69) is 18.0 Å². The normalized spacial score (nSPS) is 16.7. The van der Waals surface area contributed by atoms with E-state index in [0.29, 0.717) is 11.6 Å². The van der Waals surface area contributed by atoms with Crippen LogP contribution in [0.5, 0.6) is 5.75 Å². The third kappa shape index (κ3) is 3.21. The second-order valence-corrected chi connectivity index (χ2v) is 7.15. The first-order valence-electron chi connectivity index (χ1n) is 9.00. The van der Waals surface area contributed by atoms with E-state index in [4.69, 9.17) is 16.3 Å². The zero-order valence-electron chi connectivity index (χ0n) is 15.3. The standard InChI is InChI=1S/C22H21ClN2O2/c1-14-22-17(18-13-16(27-2)8-9-20(18)24-22)11-12-25(14)21(26)10-7-15-5-3-4-6-19(15)23/h3-10,13-14,24H,11-12H2,1-2H3/b10-7+. The molecule has 0 fully saturated rings. The van der Waals surface area contributed by atoms with E-state index < -0.39 is 0 Å². The summed E-state index contributed by atoms with van der Waals surface area (Å²) in [6.07, 6.45) is 4.20. The molecule has 0 bridgehead atoms. The maximum absolute atomic E-state index is 12.8. The van der Waals surface area contributed by atoms with Gasteiger partial charge in [0.25, 0.3) is 0 Å². The van der Waals surface area contributed by atoms with E-state index in [9.17, 15) is 4.79 Å². The Balaban J connectivity index is 1.60. The number of aromatic nitrogens is 1. The average Bonchev–Trinajstić information content (AvgIpc) is 3.06. The molecule has 2 heterocycles. The number of methoxy groups -OCH3 is 1. The number of ether oxygens (including phenoxy) is 1. The quantitative estimate of drug-likeness (QED) is 0.650. The van der Waals surface area contributed by atoms with E-state index in [0.717, 1.165) is 28.9 Å². The number of nitrogens with zero attached hydrogens (tertiary/aromatic N) is 1. The van der Waals surface area contributed by atoms with Crippen LogP contribution < -0.4 is 4.74 Å². The van der Waals surface area contributed by atoms with Crippen LogP contribution in [-0.4, -0.2) is 29.4 Å². The van der Waals surface area contributed by atoms with Crippen molar-refractivity contribution in [2.45, 2.75) is 19.4 Å². The number of rotatable bonds is 3. The number of hydrogen-bond donors (Lipinski definition) is 1. The molecule has 5 heteroatoms. The molecule has 0 spiro atoms.